The summed E-state index contributed by atoms with van der Waals surface area (Å²) < 4.78 is 10.8. The third-order valence-corrected chi connectivity index (χ3v) is 6.57. The molecule has 0 saturated heterocycles. The summed E-state index contributed by atoms with van der Waals surface area (Å²) in [7, 11) is 0. The Balaban J connectivity index is 1.23. The molecule has 0 atom stereocenters. The van der Waals surface area contributed by atoms with Gasteiger partial charge in [-0.1, -0.05) is 42.5 Å². The summed E-state index contributed by atoms with van der Waals surface area (Å²) in [6.07, 6.45) is 0. The van der Waals surface area contributed by atoms with E-state index in [2.05, 4.69) is 24.4 Å². The topological polar surface area (TPSA) is 81.4 Å². The molecule has 174 valence electrons. The van der Waals surface area contributed by atoms with Crippen LogP contribution >= 0.6 is 11.3 Å². The number of benzene rings is 3. The number of ether oxygens (including phenoxy) is 1. The average Bonchev–Trinajstić information content (AvgIpc) is 3.25. The lowest BCUT2D eigenvalue weighted by Crippen LogP contribution is -2.20. The van der Waals surface area contributed by atoms with Crippen LogP contribution in [0.1, 0.15) is 10.4 Å². The lowest BCUT2D eigenvalue weighted by Gasteiger charge is -2.09. The molecule has 3 aromatic carbocycles. The number of aromatic nitrogens is 1. The monoisotopic (exact) mass is 482 g/mol. The quantitative estimate of drug-likeness (QED) is 0.291. The van der Waals surface area contributed by atoms with Gasteiger partial charge >= 0.3 is 5.63 Å². The van der Waals surface area contributed by atoms with Crippen molar-refractivity contribution in [3.05, 3.63) is 99.7 Å². The van der Waals surface area contributed by atoms with Crippen LogP contribution in [0.4, 0.5) is 5.69 Å². The fraction of sp³-hybridized carbons (Fsp3) is 0.107. The molecule has 2 heterocycles. The fourth-order valence-electron chi connectivity index (χ4n) is 3.82. The van der Waals surface area contributed by atoms with Crippen LogP contribution in [0.3, 0.4) is 0 Å². The van der Waals surface area contributed by atoms with Gasteiger partial charge in [-0.25, -0.2) is 9.78 Å². The average molecular weight is 483 g/mol. The Kier molecular flexibility index (Phi) is 6.16. The number of nitrogens with one attached hydrogen (secondary N) is 1. The van der Waals surface area contributed by atoms with Gasteiger partial charge in [0.15, 0.2) is 6.61 Å². The molecule has 0 unspecified atom stereocenters. The number of carbonyl (C=O) groups is 1. The Morgan fingerprint density at radius 3 is 2.51 bits per heavy atom. The maximum Gasteiger partial charge on any atom is 0.336 e. The predicted molar refractivity (Wildman–Crippen MR) is 139 cm³/mol. The molecule has 0 aliphatic carbocycles. The van der Waals surface area contributed by atoms with Gasteiger partial charge in [-0.15, -0.1) is 11.3 Å². The molecule has 0 saturated carbocycles. The summed E-state index contributed by atoms with van der Waals surface area (Å²) in [6, 6.07) is 24.3. The Labute approximate surface area is 205 Å². The first-order valence-corrected chi connectivity index (χ1v) is 11.9. The van der Waals surface area contributed by atoms with Crippen LogP contribution in [0.25, 0.3) is 32.8 Å². The van der Waals surface area contributed by atoms with Crippen LogP contribution in [0, 0.1) is 13.8 Å². The number of anilines is 1. The summed E-state index contributed by atoms with van der Waals surface area (Å²) in [5, 5.41) is 4.65. The van der Waals surface area contributed by atoms with Gasteiger partial charge in [-0.2, -0.15) is 0 Å². The molecule has 5 rings (SSSR count). The van der Waals surface area contributed by atoms with Gasteiger partial charge in [-0.05, 0) is 43.7 Å². The summed E-state index contributed by atoms with van der Waals surface area (Å²) in [4.78, 5) is 30.0. The highest BCUT2D eigenvalue weighted by Crippen LogP contribution is 2.33. The van der Waals surface area contributed by atoms with Gasteiger partial charge < -0.3 is 14.5 Å². The standard InChI is InChI=1S/C28H22N2O4S/c1-17-14-26(32)34-24-15-22(12-13-23(17)24)33-16-25(31)29-21-10-8-19(9-11-21)27-18(2)35-28(30-27)20-6-4-3-5-7-20/h3-15H,16H2,1-2H3,(H,29,31). The van der Waals surface area contributed by atoms with Crippen molar-refractivity contribution in [1.29, 1.82) is 0 Å². The second-order valence-corrected chi connectivity index (χ2v) is 9.31. The maximum atomic E-state index is 12.4. The SMILES string of the molecule is Cc1sc(-c2ccccc2)nc1-c1ccc(NC(=O)COc2ccc3c(C)cc(=O)oc3c2)cc1. The van der Waals surface area contributed by atoms with Gasteiger partial charge in [0.05, 0.1) is 5.69 Å². The first-order chi connectivity index (χ1) is 17.0. The lowest BCUT2D eigenvalue weighted by atomic mass is 10.1. The highest BCUT2D eigenvalue weighted by atomic mass is 32.1. The molecule has 1 N–H and O–H groups in total. The van der Waals surface area contributed by atoms with E-state index >= 15 is 0 Å². The largest absolute Gasteiger partial charge is 0.484 e. The molecule has 0 bridgehead atoms. The Hall–Kier alpha value is -4.23. The van der Waals surface area contributed by atoms with E-state index in [-0.39, 0.29) is 12.5 Å². The maximum absolute atomic E-state index is 12.4. The van der Waals surface area contributed by atoms with Crippen molar-refractivity contribution >= 4 is 33.9 Å². The predicted octanol–water partition coefficient (Wildman–Crippen LogP) is 6.22. The zero-order valence-corrected chi connectivity index (χ0v) is 20.0. The first-order valence-electron chi connectivity index (χ1n) is 11.1. The number of aryl methyl sites for hydroxylation is 2. The normalized spacial score (nSPS) is 10.9. The Bertz CT molecular complexity index is 1570. The van der Waals surface area contributed by atoms with E-state index in [0.717, 1.165) is 37.7 Å². The Morgan fingerprint density at radius 1 is 0.971 bits per heavy atom. The van der Waals surface area contributed by atoms with Crippen LogP contribution in [-0.4, -0.2) is 17.5 Å². The minimum absolute atomic E-state index is 0.172. The summed E-state index contributed by atoms with van der Waals surface area (Å²) in [5.41, 5.74) is 4.52. The van der Waals surface area contributed by atoms with Crippen LogP contribution in [0.5, 0.6) is 5.75 Å². The summed E-state index contributed by atoms with van der Waals surface area (Å²) >= 11 is 1.66. The summed E-state index contributed by atoms with van der Waals surface area (Å²) in [5.74, 6) is 0.157. The zero-order chi connectivity index (χ0) is 24.4. The number of rotatable bonds is 6. The third kappa shape index (κ3) is 5.00. The van der Waals surface area contributed by atoms with E-state index in [1.165, 1.54) is 6.07 Å². The van der Waals surface area contributed by atoms with Crippen molar-refractivity contribution < 1.29 is 13.9 Å². The van der Waals surface area contributed by atoms with Crippen molar-refractivity contribution in [3.63, 3.8) is 0 Å². The molecule has 6 nitrogen and oxygen atoms in total. The van der Waals surface area contributed by atoms with Gasteiger partial charge in [0.25, 0.3) is 5.91 Å². The molecule has 0 aliphatic rings. The molecule has 35 heavy (non-hydrogen) atoms. The van der Waals surface area contributed by atoms with E-state index in [1.54, 1.807) is 23.5 Å². The van der Waals surface area contributed by atoms with Crippen molar-refractivity contribution in [2.45, 2.75) is 13.8 Å². The number of hydrogen-bond acceptors (Lipinski definition) is 6. The van der Waals surface area contributed by atoms with E-state index in [1.807, 2.05) is 55.5 Å². The molecule has 0 fully saturated rings. The van der Waals surface area contributed by atoms with Gasteiger partial charge in [-0.3, -0.25) is 4.79 Å². The van der Waals surface area contributed by atoms with Crippen molar-refractivity contribution in [2.24, 2.45) is 0 Å². The number of thiazole rings is 1. The molecule has 7 heteroatoms. The smallest absolute Gasteiger partial charge is 0.336 e. The highest BCUT2D eigenvalue weighted by Gasteiger charge is 2.12. The van der Waals surface area contributed by atoms with Crippen LogP contribution < -0.4 is 15.7 Å². The number of hydrogen-bond donors (Lipinski definition) is 1. The molecule has 0 aliphatic heterocycles. The Morgan fingerprint density at radius 2 is 1.74 bits per heavy atom. The van der Waals surface area contributed by atoms with Gasteiger partial charge in [0.2, 0.25) is 0 Å². The molecular weight excluding hydrogens is 460 g/mol. The number of amides is 1. The molecular formula is C28H22N2O4S. The minimum atomic E-state index is -0.419. The van der Waals surface area contributed by atoms with Gasteiger partial charge in [0, 0.05) is 39.2 Å². The minimum Gasteiger partial charge on any atom is -0.484 e. The van der Waals surface area contributed by atoms with Crippen LogP contribution in [0.2, 0.25) is 0 Å². The van der Waals surface area contributed by atoms with E-state index < -0.39 is 5.63 Å². The molecule has 1 amide bonds. The second kappa shape index (κ2) is 9.56. The zero-order valence-electron chi connectivity index (χ0n) is 19.2. The molecule has 5 aromatic rings. The fourth-order valence-corrected chi connectivity index (χ4v) is 4.76. The van der Waals surface area contributed by atoms with Crippen molar-refractivity contribution in [1.82, 2.24) is 4.98 Å². The number of carbonyl (C=O) groups excluding carboxylic acids is 1. The van der Waals surface area contributed by atoms with E-state index in [9.17, 15) is 9.59 Å². The second-order valence-electron chi connectivity index (χ2n) is 8.11. The number of nitrogens with zero attached hydrogens (tertiary/aromatic N) is 1. The van der Waals surface area contributed by atoms with Gasteiger partial charge in [0.1, 0.15) is 16.3 Å². The van der Waals surface area contributed by atoms with Crippen LogP contribution in [0.15, 0.2) is 88.1 Å². The molecule has 0 radical (unpaired) electrons. The first kappa shape index (κ1) is 22.6. The van der Waals surface area contributed by atoms with E-state index in [0.29, 0.717) is 17.0 Å². The number of fused-ring (bicyclic) bond motifs is 1. The van der Waals surface area contributed by atoms with Crippen LogP contribution in [-0.2, 0) is 4.79 Å². The summed E-state index contributed by atoms with van der Waals surface area (Å²) in [6.45, 7) is 3.73. The van der Waals surface area contributed by atoms with Crippen molar-refractivity contribution in [2.75, 3.05) is 11.9 Å². The molecule has 2 aromatic heterocycles. The van der Waals surface area contributed by atoms with E-state index in [4.69, 9.17) is 14.1 Å². The highest BCUT2D eigenvalue weighted by molar-refractivity contribution is 7.15. The molecule has 0 spiro atoms. The lowest BCUT2D eigenvalue weighted by molar-refractivity contribution is -0.118. The van der Waals surface area contributed by atoms with Crippen molar-refractivity contribution in [3.8, 4) is 27.6 Å². The third-order valence-electron chi connectivity index (χ3n) is 5.55.